The lowest BCUT2D eigenvalue weighted by molar-refractivity contribution is -0.274. The van der Waals surface area contributed by atoms with Crippen LogP contribution in [0.1, 0.15) is 81.8 Å². The molecule has 49 heavy (non-hydrogen) atoms. The molecule has 1 aliphatic heterocycles. The third kappa shape index (κ3) is 8.95. The number of fused-ring (bicyclic) bond motifs is 1. The molecule has 1 atom stereocenters. The van der Waals surface area contributed by atoms with Crippen molar-refractivity contribution in [2.45, 2.75) is 90.1 Å². The van der Waals surface area contributed by atoms with Crippen molar-refractivity contribution < 1.29 is 36.7 Å². The van der Waals surface area contributed by atoms with E-state index in [9.17, 15) is 32.3 Å². The molecule has 1 aliphatic carbocycles. The largest absolute Gasteiger partial charge is 0.573 e. The maximum Gasteiger partial charge on any atom is 0.573 e. The van der Waals surface area contributed by atoms with Gasteiger partial charge in [0.25, 0.3) is 5.91 Å². The highest BCUT2D eigenvalue weighted by molar-refractivity contribution is 6.30. The number of halogens is 4. The second-order valence-corrected chi connectivity index (χ2v) is 14.5. The maximum atomic E-state index is 14.1. The first-order chi connectivity index (χ1) is 23.0. The monoisotopic (exact) mass is 703 g/mol. The summed E-state index contributed by atoms with van der Waals surface area (Å²) in [5.41, 5.74) is -1.17. The molecule has 0 bridgehead atoms. The number of piperidine rings is 1. The Morgan fingerprint density at radius 2 is 1.65 bits per heavy atom. The lowest BCUT2D eigenvalue weighted by Gasteiger charge is -2.48. The average Bonchev–Trinajstić information content (AvgIpc) is 3.04. The molecule has 2 aromatic carbocycles. The number of alkyl halides is 3. The number of nitrogens with one attached hydrogen (secondary N) is 2. The fraction of sp³-hybridized carbons (Fsp3) is 0.500. The van der Waals surface area contributed by atoms with Gasteiger partial charge in [0.15, 0.2) is 11.2 Å². The van der Waals surface area contributed by atoms with Crippen molar-refractivity contribution >= 4 is 40.3 Å². The van der Waals surface area contributed by atoms with E-state index in [1.54, 1.807) is 29.2 Å². The van der Waals surface area contributed by atoms with Crippen LogP contribution in [0.15, 0.2) is 57.7 Å². The van der Waals surface area contributed by atoms with Gasteiger partial charge in [-0.25, -0.2) is 0 Å². The summed E-state index contributed by atoms with van der Waals surface area (Å²) in [6.07, 6.45) is 1.36. The van der Waals surface area contributed by atoms with Crippen molar-refractivity contribution in [3.63, 3.8) is 0 Å². The van der Waals surface area contributed by atoms with Crippen molar-refractivity contribution in [2.24, 2.45) is 11.3 Å². The van der Waals surface area contributed by atoms with Crippen LogP contribution < -0.4 is 20.8 Å². The van der Waals surface area contributed by atoms with Gasteiger partial charge in [-0.15, -0.1) is 13.2 Å². The first-order valence-corrected chi connectivity index (χ1v) is 16.9. The number of nitrogens with zero attached hydrogens (tertiary/aromatic N) is 1. The molecule has 0 unspecified atom stereocenters. The summed E-state index contributed by atoms with van der Waals surface area (Å²) in [6, 6.07) is 9.59. The topological polar surface area (TPSA) is 118 Å². The Kier molecular flexibility index (Phi) is 10.7. The Labute approximate surface area is 287 Å². The summed E-state index contributed by atoms with van der Waals surface area (Å²) in [5.74, 6) is -1.98. The fourth-order valence-corrected chi connectivity index (χ4v) is 7.14. The van der Waals surface area contributed by atoms with Crippen LogP contribution in [-0.4, -0.2) is 53.7 Å². The number of likely N-dealkylation sites (tertiary alicyclic amines) is 1. The maximum absolute atomic E-state index is 14.1. The number of amides is 3. The van der Waals surface area contributed by atoms with E-state index in [0.29, 0.717) is 31.0 Å². The molecule has 3 amide bonds. The number of carbonyl (C=O) groups is 3. The van der Waals surface area contributed by atoms with Gasteiger partial charge in [0.05, 0.1) is 10.8 Å². The van der Waals surface area contributed by atoms with Gasteiger partial charge in [0.1, 0.15) is 17.4 Å². The Balaban J connectivity index is 1.37. The van der Waals surface area contributed by atoms with E-state index in [-0.39, 0.29) is 35.1 Å². The summed E-state index contributed by atoms with van der Waals surface area (Å²) >= 11 is 6.07. The predicted octanol–water partition coefficient (Wildman–Crippen LogP) is 6.79. The number of rotatable bonds is 8. The van der Waals surface area contributed by atoms with Crippen molar-refractivity contribution in [1.82, 2.24) is 15.5 Å². The van der Waals surface area contributed by atoms with Crippen LogP contribution in [0.2, 0.25) is 5.02 Å². The summed E-state index contributed by atoms with van der Waals surface area (Å²) < 4.78 is 47.6. The lowest BCUT2D eigenvalue weighted by Crippen LogP contribution is -2.59. The van der Waals surface area contributed by atoms with Crippen LogP contribution in [0.25, 0.3) is 11.0 Å². The third-order valence-corrected chi connectivity index (χ3v) is 9.66. The van der Waals surface area contributed by atoms with Gasteiger partial charge in [-0.2, -0.15) is 0 Å². The Bertz CT molecular complexity index is 1740. The van der Waals surface area contributed by atoms with Crippen molar-refractivity contribution in [1.29, 1.82) is 0 Å². The molecule has 264 valence electrons. The zero-order valence-corrected chi connectivity index (χ0v) is 28.5. The smallest absolute Gasteiger partial charge is 0.451 e. The molecule has 9 nitrogen and oxygen atoms in total. The molecule has 2 fully saturated rings. The molecule has 5 rings (SSSR count). The highest BCUT2D eigenvalue weighted by Crippen LogP contribution is 2.46. The predicted molar refractivity (Wildman–Crippen MR) is 178 cm³/mol. The summed E-state index contributed by atoms with van der Waals surface area (Å²) in [4.78, 5) is 56.0. The molecule has 2 N–H and O–H groups in total. The first kappa shape index (κ1) is 36.2. The van der Waals surface area contributed by atoms with Gasteiger partial charge < -0.3 is 24.7 Å². The number of ether oxygens (including phenoxy) is 1. The quantitative estimate of drug-likeness (QED) is 0.267. The summed E-state index contributed by atoms with van der Waals surface area (Å²) in [7, 11) is 0. The van der Waals surface area contributed by atoms with E-state index in [4.69, 9.17) is 16.0 Å². The Morgan fingerprint density at radius 3 is 2.27 bits per heavy atom. The molecule has 1 saturated carbocycles. The molecule has 1 aromatic heterocycles. The Hall–Kier alpha value is -4.06. The Morgan fingerprint density at radius 1 is 1.00 bits per heavy atom. The van der Waals surface area contributed by atoms with Crippen LogP contribution in [0, 0.1) is 11.3 Å². The molecule has 13 heteroatoms. The standard InChI is InChI=1S/C36H41ClF3N3O6/c1-34(2,3)42-33(47)35(23-7-5-4-6-8-23)15-17-43(18-16-35)32(46)27(19-22-9-11-24(37)12-10-22)41-31(45)30-21-28(44)26-20-25(49-36(38,39)40)13-14-29(26)48-30/h9-14,20-21,23,27H,4-8,15-19H2,1-3H3,(H,41,45)(H,42,47)/t27-/m1/s1. The molecule has 0 radical (unpaired) electrons. The minimum atomic E-state index is -4.95. The summed E-state index contributed by atoms with van der Waals surface area (Å²) in [5, 5.41) is 6.21. The number of carbonyl (C=O) groups excluding carboxylic acids is 3. The van der Waals surface area contributed by atoms with E-state index >= 15 is 0 Å². The van der Waals surface area contributed by atoms with E-state index in [1.165, 1.54) is 0 Å². The molecule has 2 aliphatic rings. The molecule has 2 heterocycles. The third-order valence-electron chi connectivity index (χ3n) is 9.41. The molecule has 3 aromatic rings. The van der Waals surface area contributed by atoms with Crippen LogP contribution in [-0.2, 0) is 16.0 Å². The van der Waals surface area contributed by atoms with E-state index in [2.05, 4.69) is 15.4 Å². The van der Waals surface area contributed by atoms with E-state index in [0.717, 1.165) is 61.9 Å². The zero-order chi connectivity index (χ0) is 35.6. The highest BCUT2D eigenvalue weighted by Gasteiger charge is 2.49. The number of benzene rings is 2. The number of hydrogen-bond acceptors (Lipinski definition) is 6. The van der Waals surface area contributed by atoms with E-state index < -0.39 is 46.2 Å². The summed E-state index contributed by atoms with van der Waals surface area (Å²) in [6.45, 7) is 6.53. The normalized spacial score (nSPS) is 17.7. The molecule has 1 saturated heterocycles. The van der Waals surface area contributed by atoms with Crippen LogP contribution in [0.4, 0.5) is 13.2 Å². The lowest BCUT2D eigenvalue weighted by atomic mass is 9.63. The van der Waals surface area contributed by atoms with Crippen LogP contribution >= 0.6 is 11.6 Å². The van der Waals surface area contributed by atoms with Gasteiger partial charge >= 0.3 is 6.36 Å². The van der Waals surface area contributed by atoms with Crippen LogP contribution in [0.3, 0.4) is 0 Å². The van der Waals surface area contributed by atoms with Gasteiger partial charge in [0.2, 0.25) is 11.8 Å². The van der Waals surface area contributed by atoms with Crippen molar-refractivity contribution in [3.05, 3.63) is 75.1 Å². The SMILES string of the molecule is CC(C)(C)NC(=O)C1(C2CCCCC2)CCN(C(=O)[C@@H](Cc2ccc(Cl)cc2)NC(=O)c2cc(=O)c3cc(OC(F)(F)F)ccc3o2)CC1. The first-order valence-electron chi connectivity index (χ1n) is 16.5. The second kappa shape index (κ2) is 14.4. The van der Waals surface area contributed by atoms with Crippen molar-refractivity contribution in [3.8, 4) is 5.75 Å². The van der Waals surface area contributed by atoms with Gasteiger partial charge in [0, 0.05) is 36.1 Å². The molecule has 0 spiro atoms. The minimum Gasteiger partial charge on any atom is -0.451 e. The van der Waals surface area contributed by atoms with Gasteiger partial charge in [-0.3, -0.25) is 19.2 Å². The molecular weight excluding hydrogens is 663 g/mol. The van der Waals surface area contributed by atoms with Gasteiger partial charge in [-0.05, 0) is 88.3 Å². The minimum absolute atomic E-state index is 0.0217. The fourth-order valence-electron chi connectivity index (χ4n) is 7.02. The average molecular weight is 704 g/mol. The zero-order valence-electron chi connectivity index (χ0n) is 27.8. The van der Waals surface area contributed by atoms with E-state index in [1.807, 2.05) is 20.8 Å². The van der Waals surface area contributed by atoms with Gasteiger partial charge in [-0.1, -0.05) is 43.0 Å². The second-order valence-electron chi connectivity index (χ2n) is 14.1. The highest BCUT2D eigenvalue weighted by atomic mass is 35.5. The number of hydrogen-bond donors (Lipinski definition) is 2. The van der Waals surface area contributed by atoms with Crippen molar-refractivity contribution in [2.75, 3.05) is 13.1 Å². The molecular formula is C36H41ClF3N3O6. The van der Waals surface area contributed by atoms with Crippen LogP contribution in [0.5, 0.6) is 5.75 Å².